The van der Waals surface area contributed by atoms with Crippen LogP contribution < -0.4 is 5.32 Å². The van der Waals surface area contributed by atoms with E-state index in [0.29, 0.717) is 23.2 Å². The summed E-state index contributed by atoms with van der Waals surface area (Å²) in [5.74, 6) is 1.71. The predicted octanol–water partition coefficient (Wildman–Crippen LogP) is 3.16. The molecular weight excluding hydrogens is 302 g/mol. The lowest BCUT2D eigenvalue weighted by Gasteiger charge is -2.27. The number of nitrogens with one attached hydrogen (secondary N) is 1. The maximum Gasteiger partial charge on any atom is 0.257 e. The number of aliphatic hydroxyl groups is 1. The fourth-order valence-electron chi connectivity index (χ4n) is 3.38. The van der Waals surface area contributed by atoms with Gasteiger partial charge >= 0.3 is 0 Å². The zero-order chi connectivity index (χ0) is 17.4. The number of carbonyl (C=O) groups is 1. The van der Waals surface area contributed by atoms with E-state index in [4.69, 9.17) is 0 Å². The van der Waals surface area contributed by atoms with Crippen molar-refractivity contribution in [2.24, 2.45) is 11.8 Å². The molecule has 1 aliphatic heterocycles. The number of likely N-dealkylation sites (tertiary alicyclic amines) is 1. The van der Waals surface area contributed by atoms with Crippen LogP contribution in [0.25, 0.3) is 0 Å². The van der Waals surface area contributed by atoms with Gasteiger partial charge in [-0.3, -0.25) is 4.79 Å². The Hall–Kier alpha value is -1.62. The van der Waals surface area contributed by atoms with E-state index in [2.05, 4.69) is 24.1 Å². The second-order valence-corrected chi connectivity index (χ2v) is 7.14. The molecule has 24 heavy (non-hydrogen) atoms. The fourth-order valence-corrected chi connectivity index (χ4v) is 3.38. The quantitative estimate of drug-likeness (QED) is 0.767. The Bertz CT molecular complexity index is 513. The minimum absolute atomic E-state index is 0.0767. The van der Waals surface area contributed by atoms with Crippen molar-refractivity contribution in [3.63, 3.8) is 0 Å². The lowest BCUT2D eigenvalue weighted by atomic mass is 9.94. The minimum Gasteiger partial charge on any atom is -0.396 e. The summed E-state index contributed by atoms with van der Waals surface area (Å²) in [5.41, 5.74) is 0.659. The van der Waals surface area contributed by atoms with Gasteiger partial charge in [-0.2, -0.15) is 0 Å². The number of nitrogens with zero attached hydrogens (tertiary/aromatic N) is 2. The molecule has 0 aliphatic carbocycles. The van der Waals surface area contributed by atoms with Gasteiger partial charge in [0, 0.05) is 32.4 Å². The van der Waals surface area contributed by atoms with Crippen LogP contribution >= 0.6 is 0 Å². The number of carbonyl (C=O) groups excluding carboxylic acids is 1. The van der Waals surface area contributed by atoms with Crippen LogP contribution in [-0.4, -0.2) is 47.1 Å². The second kappa shape index (κ2) is 9.62. The van der Waals surface area contributed by atoms with Crippen molar-refractivity contribution < 1.29 is 9.90 Å². The molecule has 1 aromatic rings. The number of aromatic nitrogens is 1. The summed E-state index contributed by atoms with van der Waals surface area (Å²) in [7, 11) is 0. The van der Waals surface area contributed by atoms with Gasteiger partial charge in [0.15, 0.2) is 0 Å². The van der Waals surface area contributed by atoms with E-state index >= 15 is 0 Å². The number of aliphatic hydroxyl groups excluding tert-OH is 1. The number of rotatable bonds is 8. The molecule has 1 aromatic heterocycles. The molecule has 1 unspecified atom stereocenters. The summed E-state index contributed by atoms with van der Waals surface area (Å²) >= 11 is 0. The van der Waals surface area contributed by atoms with E-state index in [-0.39, 0.29) is 12.5 Å². The van der Waals surface area contributed by atoms with Gasteiger partial charge < -0.3 is 15.3 Å². The highest BCUT2D eigenvalue weighted by molar-refractivity contribution is 5.98. The van der Waals surface area contributed by atoms with E-state index in [1.54, 1.807) is 6.20 Å². The van der Waals surface area contributed by atoms with Crippen molar-refractivity contribution in [2.45, 2.75) is 46.0 Å². The Morgan fingerprint density at radius 1 is 1.33 bits per heavy atom. The molecule has 1 amide bonds. The zero-order valence-corrected chi connectivity index (χ0v) is 15.0. The number of piperidine rings is 1. The van der Waals surface area contributed by atoms with Gasteiger partial charge in [-0.05, 0) is 56.1 Å². The first-order chi connectivity index (χ1) is 11.6. The SMILES string of the molecule is CC(C)CC(CCO)CNc1ncccc1C(=O)N1CCCCC1. The highest BCUT2D eigenvalue weighted by Gasteiger charge is 2.21. The van der Waals surface area contributed by atoms with Crippen LogP contribution in [-0.2, 0) is 0 Å². The highest BCUT2D eigenvalue weighted by Crippen LogP contribution is 2.20. The molecule has 0 spiro atoms. The third-order valence-corrected chi connectivity index (χ3v) is 4.58. The molecule has 1 aliphatic rings. The first-order valence-corrected chi connectivity index (χ1v) is 9.20. The molecule has 5 nitrogen and oxygen atoms in total. The standard InChI is InChI=1S/C19H31N3O2/c1-15(2)13-16(8-12-23)14-21-18-17(7-6-9-20-18)19(24)22-10-4-3-5-11-22/h6-7,9,15-16,23H,3-5,8,10-14H2,1-2H3,(H,20,21). The molecule has 1 atom stereocenters. The van der Waals surface area contributed by atoms with Crippen LogP contribution in [0.15, 0.2) is 18.3 Å². The number of anilines is 1. The van der Waals surface area contributed by atoms with Crippen LogP contribution in [0.2, 0.25) is 0 Å². The molecule has 134 valence electrons. The van der Waals surface area contributed by atoms with Crippen LogP contribution in [0, 0.1) is 11.8 Å². The van der Waals surface area contributed by atoms with E-state index in [1.807, 2.05) is 17.0 Å². The van der Waals surface area contributed by atoms with Gasteiger partial charge in [-0.15, -0.1) is 0 Å². The average molecular weight is 333 g/mol. The van der Waals surface area contributed by atoms with Gasteiger partial charge in [0.2, 0.25) is 0 Å². The Morgan fingerprint density at radius 2 is 2.08 bits per heavy atom. The van der Waals surface area contributed by atoms with Gasteiger partial charge in [0.1, 0.15) is 5.82 Å². The van der Waals surface area contributed by atoms with Crippen LogP contribution in [0.4, 0.5) is 5.82 Å². The van der Waals surface area contributed by atoms with Crippen molar-refractivity contribution in [1.29, 1.82) is 0 Å². The third kappa shape index (κ3) is 5.48. The number of hydrogen-bond donors (Lipinski definition) is 2. The van der Waals surface area contributed by atoms with Gasteiger partial charge in [-0.1, -0.05) is 13.8 Å². The summed E-state index contributed by atoms with van der Waals surface area (Å²) in [6, 6.07) is 3.68. The molecule has 0 bridgehead atoms. The summed E-state index contributed by atoms with van der Waals surface area (Å²) < 4.78 is 0. The molecule has 0 aromatic carbocycles. The molecule has 2 N–H and O–H groups in total. The number of amides is 1. The average Bonchev–Trinajstić information content (AvgIpc) is 2.60. The monoisotopic (exact) mass is 333 g/mol. The number of pyridine rings is 1. The second-order valence-electron chi connectivity index (χ2n) is 7.14. The normalized spacial score (nSPS) is 16.2. The van der Waals surface area contributed by atoms with Gasteiger partial charge in [0.25, 0.3) is 5.91 Å². The minimum atomic E-state index is 0.0767. The first kappa shape index (κ1) is 18.7. The zero-order valence-electron chi connectivity index (χ0n) is 15.0. The maximum absolute atomic E-state index is 12.8. The summed E-state index contributed by atoms with van der Waals surface area (Å²) in [5, 5.41) is 12.6. The highest BCUT2D eigenvalue weighted by atomic mass is 16.3. The fraction of sp³-hybridized carbons (Fsp3) is 0.684. The van der Waals surface area contributed by atoms with Crippen LogP contribution in [0.3, 0.4) is 0 Å². The van der Waals surface area contributed by atoms with Crippen LogP contribution in [0.1, 0.15) is 56.3 Å². The van der Waals surface area contributed by atoms with Crippen molar-refractivity contribution in [3.05, 3.63) is 23.9 Å². The van der Waals surface area contributed by atoms with Crippen molar-refractivity contribution in [3.8, 4) is 0 Å². The van der Waals surface area contributed by atoms with Crippen LogP contribution in [0.5, 0.6) is 0 Å². The molecule has 2 rings (SSSR count). The lowest BCUT2D eigenvalue weighted by molar-refractivity contribution is 0.0725. The van der Waals surface area contributed by atoms with E-state index in [1.165, 1.54) is 6.42 Å². The smallest absolute Gasteiger partial charge is 0.257 e. The van der Waals surface area contributed by atoms with E-state index in [9.17, 15) is 9.90 Å². The molecule has 1 fully saturated rings. The van der Waals surface area contributed by atoms with Gasteiger partial charge in [-0.25, -0.2) is 4.98 Å². The van der Waals surface area contributed by atoms with E-state index in [0.717, 1.165) is 45.3 Å². The molecule has 0 radical (unpaired) electrons. The number of hydrogen-bond acceptors (Lipinski definition) is 4. The summed E-state index contributed by atoms with van der Waals surface area (Å²) in [6.45, 7) is 6.99. The Morgan fingerprint density at radius 3 is 2.75 bits per heavy atom. The molecular formula is C19H31N3O2. The van der Waals surface area contributed by atoms with Crippen molar-refractivity contribution >= 4 is 11.7 Å². The topological polar surface area (TPSA) is 65.5 Å². The maximum atomic E-state index is 12.8. The predicted molar refractivity (Wildman–Crippen MR) is 97.1 cm³/mol. The largest absolute Gasteiger partial charge is 0.396 e. The van der Waals surface area contributed by atoms with E-state index < -0.39 is 0 Å². The van der Waals surface area contributed by atoms with Crippen molar-refractivity contribution in [2.75, 3.05) is 31.6 Å². The lowest BCUT2D eigenvalue weighted by Crippen LogP contribution is -2.36. The van der Waals surface area contributed by atoms with Crippen molar-refractivity contribution in [1.82, 2.24) is 9.88 Å². The van der Waals surface area contributed by atoms with Gasteiger partial charge in [0.05, 0.1) is 5.56 Å². The summed E-state index contributed by atoms with van der Waals surface area (Å²) in [4.78, 5) is 19.1. The summed E-state index contributed by atoms with van der Waals surface area (Å²) in [6.07, 6.45) is 6.92. The molecule has 5 heteroatoms. The molecule has 0 saturated carbocycles. The first-order valence-electron chi connectivity index (χ1n) is 9.20. The Labute approximate surface area is 145 Å². The Kier molecular flexibility index (Phi) is 7.50. The Balaban J connectivity index is 2.03. The third-order valence-electron chi connectivity index (χ3n) is 4.58. The molecule has 1 saturated heterocycles. The molecule has 2 heterocycles.